The molecule has 0 aromatic carbocycles. The molecule has 0 fully saturated rings. The lowest BCUT2D eigenvalue weighted by molar-refractivity contribution is 0.172. The van der Waals surface area contributed by atoms with Crippen molar-refractivity contribution in [3.63, 3.8) is 0 Å². The third kappa shape index (κ3) is 2.94. The Labute approximate surface area is 116 Å². The molecule has 5 heteroatoms. The number of halogens is 1. The maximum Gasteiger partial charge on any atom is 0.0848 e. The lowest BCUT2D eigenvalue weighted by Crippen LogP contribution is -2.17. The molecule has 2 rings (SSSR count). The zero-order chi connectivity index (χ0) is 13.1. The van der Waals surface area contributed by atoms with E-state index in [1.165, 1.54) is 5.56 Å². The predicted octanol–water partition coefficient (Wildman–Crippen LogP) is 3.07. The largest absolute Gasteiger partial charge is 0.392 e. The van der Waals surface area contributed by atoms with Crippen LogP contribution in [0.4, 0.5) is 0 Å². The molecule has 18 heavy (non-hydrogen) atoms. The van der Waals surface area contributed by atoms with Crippen LogP contribution in [0.3, 0.4) is 0 Å². The molecular formula is C13H17ClN2OS. The van der Waals surface area contributed by atoms with Gasteiger partial charge in [0.15, 0.2) is 0 Å². The van der Waals surface area contributed by atoms with Crippen LogP contribution in [0.15, 0.2) is 16.8 Å². The van der Waals surface area contributed by atoms with Crippen LogP contribution < -0.4 is 0 Å². The van der Waals surface area contributed by atoms with Crippen LogP contribution >= 0.6 is 22.9 Å². The minimum Gasteiger partial charge on any atom is -0.392 e. The van der Waals surface area contributed by atoms with Crippen molar-refractivity contribution < 1.29 is 5.11 Å². The Kier molecular flexibility index (Phi) is 4.43. The SMILES string of the molecule is CCn1nc(C)c(Cl)c1CC(O)Cc1ccsc1. The second-order valence-corrected chi connectivity index (χ2v) is 5.51. The summed E-state index contributed by atoms with van der Waals surface area (Å²) < 4.78 is 1.87. The van der Waals surface area contributed by atoms with E-state index in [1.54, 1.807) is 11.3 Å². The van der Waals surface area contributed by atoms with Crippen LogP contribution in [0, 0.1) is 6.92 Å². The van der Waals surface area contributed by atoms with Crippen molar-refractivity contribution in [2.24, 2.45) is 0 Å². The van der Waals surface area contributed by atoms with Crippen molar-refractivity contribution in [3.8, 4) is 0 Å². The first-order valence-electron chi connectivity index (χ1n) is 6.02. The van der Waals surface area contributed by atoms with Gasteiger partial charge in [0.2, 0.25) is 0 Å². The van der Waals surface area contributed by atoms with Gasteiger partial charge < -0.3 is 5.11 Å². The van der Waals surface area contributed by atoms with Crippen molar-refractivity contribution in [2.75, 3.05) is 0 Å². The summed E-state index contributed by atoms with van der Waals surface area (Å²) in [5, 5.41) is 19.3. The van der Waals surface area contributed by atoms with Crippen LogP contribution in [0.1, 0.15) is 23.9 Å². The van der Waals surface area contributed by atoms with Gasteiger partial charge in [0.05, 0.1) is 22.5 Å². The Morgan fingerprint density at radius 1 is 1.50 bits per heavy atom. The van der Waals surface area contributed by atoms with Crippen LogP contribution in [0.25, 0.3) is 0 Å². The summed E-state index contributed by atoms with van der Waals surface area (Å²) >= 11 is 7.87. The summed E-state index contributed by atoms with van der Waals surface area (Å²) in [6.07, 6.45) is 0.787. The number of aliphatic hydroxyl groups excluding tert-OH is 1. The van der Waals surface area contributed by atoms with E-state index in [9.17, 15) is 5.11 Å². The van der Waals surface area contributed by atoms with Gasteiger partial charge in [0.1, 0.15) is 0 Å². The molecule has 2 aromatic heterocycles. The van der Waals surface area contributed by atoms with Crippen molar-refractivity contribution in [1.29, 1.82) is 0 Å². The Hall–Kier alpha value is -0.840. The summed E-state index contributed by atoms with van der Waals surface area (Å²) in [4.78, 5) is 0. The van der Waals surface area contributed by atoms with E-state index in [0.29, 0.717) is 17.9 Å². The molecule has 98 valence electrons. The minimum absolute atomic E-state index is 0.418. The molecule has 1 N–H and O–H groups in total. The van der Waals surface area contributed by atoms with Crippen LogP contribution in [-0.2, 0) is 19.4 Å². The molecule has 2 aromatic rings. The van der Waals surface area contributed by atoms with E-state index in [0.717, 1.165) is 17.9 Å². The number of hydrogen-bond donors (Lipinski definition) is 1. The summed E-state index contributed by atoms with van der Waals surface area (Å²) in [6.45, 7) is 4.69. The topological polar surface area (TPSA) is 38.0 Å². The normalized spacial score (nSPS) is 12.9. The molecule has 1 unspecified atom stereocenters. The van der Waals surface area contributed by atoms with Gasteiger partial charge >= 0.3 is 0 Å². The maximum atomic E-state index is 10.1. The average molecular weight is 285 g/mol. The van der Waals surface area contributed by atoms with Gasteiger partial charge in [-0.25, -0.2) is 0 Å². The van der Waals surface area contributed by atoms with Gasteiger partial charge in [-0.3, -0.25) is 4.68 Å². The highest BCUT2D eigenvalue weighted by atomic mass is 35.5. The first-order valence-corrected chi connectivity index (χ1v) is 7.34. The molecule has 2 heterocycles. The Morgan fingerprint density at radius 3 is 2.89 bits per heavy atom. The van der Waals surface area contributed by atoms with Crippen molar-refractivity contribution >= 4 is 22.9 Å². The van der Waals surface area contributed by atoms with Crippen LogP contribution in [0.2, 0.25) is 5.02 Å². The first kappa shape index (κ1) is 13.6. The fourth-order valence-corrected chi connectivity index (χ4v) is 2.93. The van der Waals surface area contributed by atoms with E-state index >= 15 is 0 Å². The molecule has 0 radical (unpaired) electrons. The molecular weight excluding hydrogens is 268 g/mol. The molecule has 0 bridgehead atoms. The molecule has 0 aliphatic carbocycles. The van der Waals surface area contributed by atoms with Crippen LogP contribution in [-0.4, -0.2) is 21.0 Å². The molecule has 0 aliphatic heterocycles. The van der Waals surface area contributed by atoms with E-state index in [4.69, 9.17) is 11.6 Å². The second-order valence-electron chi connectivity index (χ2n) is 4.36. The highest BCUT2D eigenvalue weighted by Crippen LogP contribution is 2.22. The van der Waals surface area contributed by atoms with Crippen molar-refractivity contribution in [1.82, 2.24) is 9.78 Å². The number of hydrogen-bond acceptors (Lipinski definition) is 3. The van der Waals surface area contributed by atoms with Gasteiger partial charge in [-0.05, 0) is 42.7 Å². The predicted molar refractivity (Wildman–Crippen MR) is 75.4 cm³/mol. The standard InChI is InChI=1S/C13H17ClN2OS/c1-3-16-12(13(14)9(2)15-16)7-11(17)6-10-4-5-18-8-10/h4-5,8,11,17H,3,6-7H2,1-2H3. The van der Waals surface area contributed by atoms with E-state index < -0.39 is 6.10 Å². The van der Waals surface area contributed by atoms with Gasteiger partial charge in [0, 0.05) is 13.0 Å². The highest BCUT2D eigenvalue weighted by Gasteiger charge is 2.16. The van der Waals surface area contributed by atoms with E-state index in [-0.39, 0.29) is 0 Å². The monoisotopic (exact) mass is 284 g/mol. The molecule has 0 spiro atoms. The van der Waals surface area contributed by atoms with E-state index in [1.807, 2.05) is 30.0 Å². The second kappa shape index (κ2) is 5.87. The third-order valence-electron chi connectivity index (χ3n) is 2.93. The molecule has 0 saturated heterocycles. The molecule has 0 saturated carbocycles. The summed E-state index contributed by atoms with van der Waals surface area (Å²) in [5.41, 5.74) is 2.93. The number of aromatic nitrogens is 2. The smallest absolute Gasteiger partial charge is 0.0848 e. The summed E-state index contributed by atoms with van der Waals surface area (Å²) in [7, 11) is 0. The lowest BCUT2D eigenvalue weighted by atomic mass is 10.1. The fraction of sp³-hybridized carbons (Fsp3) is 0.462. The lowest BCUT2D eigenvalue weighted by Gasteiger charge is -2.11. The molecule has 0 amide bonds. The Morgan fingerprint density at radius 2 is 2.28 bits per heavy atom. The number of nitrogens with zero attached hydrogens (tertiary/aromatic N) is 2. The Balaban J connectivity index is 2.09. The molecule has 3 nitrogen and oxygen atoms in total. The fourth-order valence-electron chi connectivity index (χ4n) is 2.04. The Bertz CT molecular complexity index is 507. The quantitative estimate of drug-likeness (QED) is 0.916. The number of aliphatic hydroxyl groups is 1. The summed E-state index contributed by atoms with van der Waals surface area (Å²) in [6, 6.07) is 2.04. The minimum atomic E-state index is -0.418. The van der Waals surface area contributed by atoms with E-state index in [2.05, 4.69) is 10.5 Å². The van der Waals surface area contributed by atoms with Crippen LogP contribution in [0.5, 0.6) is 0 Å². The number of aryl methyl sites for hydroxylation is 2. The molecule has 1 atom stereocenters. The van der Waals surface area contributed by atoms with Crippen molar-refractivity contribution in [3.05, 3.63) is 38.8 Å². The van der Waals surface area contributed by atoms with Gasteiger partial charge in [-0.15, -0.1) is 0 Å². The van der Waals surface area contributed by atoms with Gasteiger partial charge in [-0.2, -0.15) is 16.4 Å². The highest BCUT2D eigenvalue weighted by molar-refractivity contribution is 7.07. The zero-order valence-corrected chi connectivity index (χ0v) is 12.1. The molecule has 0 aliphatic rings. The number of thiophene rings is 1. The average Bonchev–Trinajstić information content (AvgIpc) is 2.92. The third-order valence-corrected chi connectivity index (χ3v) is 4.16. The zero-order valence-electron chi connectivity index (χ0n) is 10.6. The number of rotatable bonds is 5. The first-order chi connectivity index (χ1) is 8.61. The van der Waals surface area contributed by atoms with Gasteiger partial charge in [-0.1, -0.05) is 11.6 Å². The van der Waals surface area contributed by atoms with Gasteiger partial charge in [0.25, 0.3) is 0 Å². The maximum absolute atomic E-state index is 10.1. The summed E-state index contributed by atoms with van der Waals surface area (Å²) in [5.74, 6) is 0. The van der Waals surface area contributed by atoms with Crippen molar-refractivity contribution in [2.45, 2.75) is 39.3 Å².